The first-order valence-electron chi connectivity index (χ1n) is 5.87. The summed E-state index contributed by atoms with van der Waals surface area (Å²) < 4.78 is 0. The molecule has 4 heteroatoms. The molecule has 2 rings (SSSR count). The van der Waals surface area contributed by atoms with E-state index in [1.165, 1.54) is 0 Å². The van der Waals surface area contributed by atoms with Gasteiger partial charge < -0.3 is 5.73 Å². The first-order valence-corrected chi connectivity index (χ1v) is 7.01. The Hall–Kier alpha value is -0.730. The van der Waals surface area contributed by atoms with E-state index in [0.29, 0.717) is 21.5 Å². The molecule has 0 saturated heterocycles. The molecule has 2 aromatic rings. The van der Waals surface area contributed by atoms with Crippen molar-refractivity contribution in [2.45, 2.75) is 18.9 Å². The molecule has 19 heavy (non-hydrogen) atoms. The van der Waals surface area contributed by atoms with Crippen LogP contribution in [0.2, 0.25) is 15.1 Å². The molecule has 1 nitrogen and oxygen atoms in total. The molecule has 2 aromatic carbocycles. The number of hydrogen-bond donors (Lipinski definition) is 1. The van der Waals surface area contributed by atoms with Gasteiger partial charge in [0.15, 0.2) is 0 Å². The van der Waals surface area contributed by atoms with E-state index < -0.39 is 5.54 Å². The number of rotatable bonds is 3. The average molecular weight is 315 g/mol. The quantitative estimate of drug-likeness (QED) is 0.841. The van der Waals surface area contributed by atoms with Gasteiger partial charge in [-0.25, -0.2) is 0 Å². The summed E-state index contributed by atoms with van der Waals surface area (Å²) in [5.41, 5.74) is 7.80. The number of halogens is 3. The molecule has 1 atom stereocenters. The number of nitrogens with two attached hydrogens (primary N) is 1. The summed E-state index contributed by atoms with van der Waals surface area (Å²) >= 11 is 18.1. The van der Waals surface area contributed by atoms with Crippen LogP contribution in [0, 0.1) is 0 Å². The lowest BCUT2D eigenvalue weighted by Gasteiger charge is -2.26. The van der Waals surface area contributed by atoms with Crippen molar-refractivity contribution in [3.05, 3.63) is 68.7 Å². The van der Waals surface area contributed by atoms with Crippen LogP contribution in [0.5, 0.6) is 0 Å². The van der Waals surface area contributed by atoms with Crippen LogP contribution in [-0.2, 0) is 12.0 Å². The fourth-order valence-corrected chi connectivity index (χ4v) is 2.67. The normalized spacial score (nSPS) is 14.2. The van der Waals surface area contributed by atoms with Gasteiger partial charge in [-0.2, -0.15) is 0 Å². The third-order valence-corrected chi connectivity index (χ3v) is 3.88. The SMILES string of the molecule is CC(N)(Cc1ccc(Cl)cc1Cl)c1cccc(Cl)c1. The maximum atomic E-state index is 6.40. The van der Waals surface area contributed by atoms with Gasteiger partial charge >= 0.3 is 0 Å². The molecule has 0 aromatic heterocycles. The van der Waals surface area contributed by atoms with Crippen molar-refractivity contribution in [2.75, 3.05) is 0 Å². The molecule has 1 unspecified atom stereocenters. The van der Waals surface area contributed by atoms with Crippen LogP contribution in [0.3, 0.4) is 0 Å². The van der Waals surface area contributed by atoms with Crippen molar-refractivity contribution >= 4 is 34.8 Å². The monoisotopic (exact) mass is 313 g/mol. The molecular formula is C15H14Cl3N. The Labute approximate surface area is 128 Å². The molecule has 0 radical (unpaired) electrons. The summed E-state index contributed by atoms with van der Waals surface area (Å²) in [6.45, 7) is 1.96. The van der Waals surface area contributed by atoms with Crippen molar-refractivity contribution in [3.63, 3.8) is 0 Å². The first kappa shape index (κ1) is 14.7. The van der Waals surface area contributed by atoms with Gasteiger partial charge in [0.05, 0.1) is 0 Å². The van der Waals surface area contributed by atoms with Gasteiger partial charge in [-0.1, -0.05) is 53.0 Å². The Morgan fingerprint density at radius 2 is 1.68 bits per heavy atom. The Balaban J connectivity index is 2.30. The molecular weight excluding hydrogens is 301 g/mol. The van der Waals surface area contributed by atoms with E-state index in [1.54, 1.807) is 6.07 Å². The van der Waals surface area contributed by atoms with Gasteiger partial charge in [-0.3, -0.25) is 0 Å². The van der Waals surface area contributed by atoms with Crippen LogP contribution in [0.1, 0.15) is 18.1 Å². The summed E-state index contributed by atoms with van der Waals surface area (Å²) in [6.07, 6.45) is 0.614. The minimum atomic E-state index is -0.539. The Morgan fingerprint density at radius 3 is 2.32 bits per heavy atom. The summed E-state index contributed by atoms with van der Waals surface area (Å²) in [4.78, 5) is 0. The van der Waals surface area contributed by atoms with Crippen LogP contribution in [0.25, 0.3) is 0 Å². The molecule has 0 aliphatic rings. The molecule has 0 amide bonds. The smallest absolute Gasteiger partial charge is 0.0453 e. The predicted octanol–water partition coefficient (Wildman–Crippen LogP) is 5.06. The van der Waals surface area contributed by atoms with E-state index in [9.17, 15) is 0 Å². The predicted molar refractivity (Wildman–Crippen MR) is 83.2 cm³/mol. The maximum Gasteiger partial charge on any atom is 0.0453 e. The van der Waals surface area contributed by atoms with E-state index in [2.05, 4.69) is 0 Å². The zero-order valence-electron chi connectivity index (χ0n) is 10.5. The molecule has 0 fully saturated rings. The lowest BCUT2D eigenvalue weighted by Crippen LogP contribution is -2.35. The Kier molecular flexibility index (Phi) is 4.42. The van der Waals surface area contributed by atoms with Crippen molar-refractivity contribution in [1.82, 2.24) is 0 Å². The van der Waals surface area contributed by atoms with Gasteiger partial charge in [0.2, 0.25) is 0 Å². The second-order valence-corrected chi connectivity index (χ2v) is 6.12. The zero-order chi connectivity index (χ0) is 14.0. The summed E-state index contributed by atoms with van der Waals surface area (Å²) in [7, 11) is 0. The molecule has 0 bridgehead atoms. The second kappa shape index (κ2) is 5.72. The Morgan fingerprint density at radius 1 is 1.00 bits per heavy atom. The molecule has 0 heterocycles. The molecule has 0 saturated carbocycles. The fraction of sp³-hybridized carbons (Fsp3) is 0.200. The van der Waals surface area contributed by atoms with Gasteiger partial charge in [0.1, 0.15) is 0 Å². The summed E-state index contributed by atoms with van der Waals surface area (Å²) in [5, 5.41) is 1.93. The largest absolute Gasteiger partial charge is 0.321 e. The van der Waals surface area contributed by atoms with Gasteiger partial charge in [0, 0.05) is 20.6 Å². The highest BCUT2D eigenvalue weighted by Crippen LogP contribution is 2.29. The highest BCUT2D eigenvalue weighted by molar-refractivity contribution is 6.35. The fourth-order valence-electron chi connectivity index (χ4n) is 2.01. The standard InChI is InChI=1S/C15H14Cl3N/c1-15(19,11-3-2-4-12(16)7-11)9-10-5-6-13(17)8-14(10)18/h2-8H,9,19H2,1H3. The molecule has 0 spiro atoms. The number of benzene rings is 2. The van der Waals surface area contributed by atoms with Crippen LogP contribution in [0.4, 0.5) is 0 Å². The van der Waals surface area contributed by atoms with E-state index in [0.717, 1.165) is 11.1 Å². The number of hydrogen-bond acceptors (Lipinski definition) is 1. The van der Waals surface area contributed by atoms with Crippen LogP contribution < -0.4 is 5.73 Å². The lowest BCUT2D eigenvalue weighted by molar-refractivity contribution is 0.491. The topological polar surface area (TPSA) is 26.0 Å². The van der Waals surface area contributed by atoms with Crippen molar-refractivity contribution in [3.8, 4) is 0 Å². The first-order chi connectivity index (χ1) is 8.88. The van der Waals surface area contributed by atoms with E-state index in [1.807, 2.05) is 43.3 Å². The third kappa shape index (κ3) is 3.64. The zero-order valence-corrected chi connectivity index (χ0v) is 12.7. The van der Waals surface area contributed by atoms with Crippen LogP contribution in [0.15, 0.2) is 42.5 Å². The van der Waals surface area contributed by atoms with Gasteiger partial charge in [-0.05, 0) is 48.7 Å². The highest BCUT2D eigenvalue weighted by atomic mass is 35.5. The third-order valence-electron chi connectivity index (χ3n) is 3.06. The molecule has 0 aliphatic heterocycles. The van der Waals surface area contributed by atoms with E-state index in [4.69, 9.17) is 40.5 Å². The minimum absolute atomic E-state index is 0.539. The van der Waals surface area contributed by atoms with Crippen molar-refractivity contribution in [2.24, 2.45) is 5.73 Å². The maximum absolute atomic E-state index is 6.40. The molecule has 100 valence electrons. The molecule has 0 aliphatic carbocycles. The summed E-state index contributed by atoms with van der Waals surface area (Å²) in [6, 6.07) is 13.0. The second-order valence-electron chi connectivity index (χ2n) is 4.84. The Bertz CT molecular complexity index is 594. The van der Waals surface area contributed by atoms with E-state index in [-0.39, 0.29) is 0 Å². The van der Waals surface area contributed by atoms with Gasteiger partial charge in [0.25, 0.3) is 0 Å². The van der Waals surface area contributed by atoms with Crippen LogP contribution in [-0.4, -0.2) is 0 Å². The lowest BCUT2D eigenvalue weighted by atomic mass is 9.86. The van der Waals surface area contributed by atoms with E-state index >= 15 is 0 Å². The minimum Gasteiger partial charge on any atom is -0.321 e. The summed E-state index contributed by atoms with van der Waals surface area (Å²) in [5.74, 6) is 0. The average Bonchev–Trinajstić information content (AvgIpc) is 2.33. The van der Waals surface area contributed by atoms with Crippen LogP contribution >= 0.6 is 34.8 Å². The molecule has 2 N–H and O–H groups in total. The highest BCUT2D eigenvalue weighted by Gasteiger charge is 2.23. The van der Waals surface area contributed by atoms with Crippen molar-refractivity contribution in [1.29, 1.82) is 0 Å². The van der Waals surface area contributed by atoms with Crippen molar-refractivity contribution < 1.29 is 0 Å². The van der Waals surface area contributed by atoms with Gasteiger partial charge in [-0.15, -0.1) is 0 Å².